The number of aliphatic carboxylic acids is 1. The maximum absolute atomic E-state index is 12.9. The molecule has 5 heteroatoms. The van der Waals surface area contributed by atoms with Gasteiger partial charge in [0.15, 0.2) is 0 Å². The standard InChI is InChI=1S/C17H21NO4/c1-17(16(20)21)8-4-9-18(11-17)15(19)13-7-10-22-14-6-3-2-5-12(13)14/h2-3,5-6,13H,4,7-11H2,1H3,(H,20,21). The van der Waals surface area contributed by atoms with Gasteiger partial charge in [-0.25, -0.2) is 0 Å². The van der Waals surface area contributed by atoms with E-state index in [9.17, 15) is 14.7 Å². The highest BCUT2D eigenvalue weighted by Crippen LogP contribution is 2.37. The number of carbonyl (C=O) groups is 2. The van der Waals surface area contributed by atoms with Crippen molar-refractivity contribution in [2.75, 3.05) is 19.7 Å². The van der Waals surface area contributed by atoms with Gasteiger partial charge in [-0.2, -0.15) is 0 Å². The maximum atomic E-state index is 12.9. The number of carbonyl (C=O) groups excluding carboxylic acids is 1. The highest BCUT2D eigenvalue weighted by molar-refractivity contribution is 5.86. The van der Waals surface area contributed by atoms with Gasteiger partial charge in [-0.05, 0) is 32.3 Å². The number of nitrogens with zero attached hydrogens (tertiary/aromatic N) is 1. The quantitative estimate of drug-likeness (QED) is 0.910. The topological polar surface area (TPSA) is 66.8 Å². The van der Waals surface area contributed by atoms with Crippen molar-refractivity contribution in [3.8, 4) is 5.75 Å². The summed E-state index contributed by atoms with van der Waals surface area (Å²) in [5, 5.41) is 9.41. The van der Waals surface area contributed by atoms with Crippen LogP contribution < -0.4 is 4.74 Å². The summed E-state index contributed by atoms with van der Waals surface area (Å²) in [6.45, 7) is 3.19. The molecule has 2 unspecified atom stereocenters. The highest BCUT2D eigenvalue weighted by Gasteiger charge is 2.41. The van der Waals surface area contributed by atoms with Gasteiger partial charge in [0.05, 0.1) is 17.9 Å². The Kier molecular flexibility index (Phi) is 3.81. The normalized spacial score (nSPS) is 27.7. The van der Waals surface area contributed by atoms with E-state index in [0.29, 0.717) is 32.5 Å². The van der Waals surface area contributed by atoms with Crippen LogP contribution in [0.25, 0.3) is 0 Å². The van der Waals surface area contributed by atoms with Gasteiger partial charge in [-0.1, -0.05) is 18.2 Å². The Morgan fingerprint density at radius 1 is 1.36 bits per heavy atom. The van der Waals surface area contributed by atoms with Crippen molar-refractivity contribution < 1.29 is 19.4 Å². The molecule has 0 bridgehead atoms. The molecule has 118 valence electrons. The third kappa shape index (κ3) is 2.56. The van der Waals surface area contributed by atoms with Gasteiger partial charge in [0.2, 0.25) is 5.91 Å². The van der Waals surface area contributed by atoms with Gasteiger partial charge in [0.1, 0.15) is 5.75 Å². The van der Waals surface area contributed by atoms with Crippen molar-refractivity contribution in [2.45, 2.75) is 32.1 Å². The number of likely N-dealkylation sites (tertiary alicyclic amines) is 1. The van der Waals surface area contributed by atoms with Gasteiger partial charge in [0.25, 0.3) is 0 Å². The molecule has 1 saturated heterocycles. The van der Waals surface area contributed by atoms with Gasteiger partial charge >= 0.3 is 5.97 Å². The summed E-state index contributed by atoms with van der Waals surface area (Å²) in [5.74, 6) is -0.244. The largest absolute Gasteiger partial charge is 0.493 e. The number of benzene rings is 1. The van der Waals surface area contributed by atoms with Crippen molar-refractivity contribution in [3.05, 3.63) is 29.8 Å². The number of rotatable bonds is 2. The third-order valence-corrected chi connectivity index (χ3v) is 4.78. The molecule has 1 amide bonds. The number of amides is 1. The molecule has 1 N–H and O–H groups in total. The SMILES string of the molecule is CC1(C(=O)O)CCCN(C(=O)C2CCOc3ccccc32)C1. The smallest absolute Gasteiger partial charge is 0.311 e. The number of carboxylic acids is 1. The van der Waals surface area contributed by atoms with Crippen molar-refractivity contribution in [2.24, 2.45) is 5.41 Å². The minimum Gasteiger partial charge on any atom is -0.493 e. The van der Waals surface area contributed by atoms with Gasteiger partial charge in [-0.3, -0.25) is 9.59 Å². The van der Waals surface area contributed by atoms with Crippen LogP contribution >= 0.6 is 0 Å². The molecule has 5 nitrogen and oxygen atoms in total. The minimum atomic E-state index is -0.835. The first-order valence-corrected chi connectivity index (χ1v) is 7.75. The molecule has 2 heterocycles. The zero-order valence-electron chi connectivity index (χ0n) is 12.7. The van der Waals surface area contributed by atoms with Crippen LogP contribution in [0.1, 0.15) is 37.7 Å². The van der Waals surface area contributed by atoms with E-state index in [4.69, 9.17) is 4.74 Å². The minimum absolute atomic E-state index is 0.0305. The van der Waals surface area contributed by atoms with Crippen LogP contribution in [0.5, 0.6) is 5.75 Å². The van der Waals surface area contributed by atoms with E-state index in [2.05, 4.69) is 0 Å². The Balaban J connectivity index is 1.82. The number of hydrogen-bond acceptors (Lipinski definition) is 3. The molecule has 2 aliphatic rings. The summed E-state index contributed by atoms with van der Waals surface area (Å²) in [4.78, 5) is 26.1. The van der Waals surface area contributed by atoms with E-state index in [1.165, 1.54) is 0 Å². The Bertz CT molecular complexity index is 600. The van der Waals surface area contributed by atoms with E-state index in [-0.39, 0.29) is 11.8 Å². The second-order valence-corrected chi connectivity index (χ2v) is 6.46. The monoisotopic (exact) mass is 303 g/mol. The number of piperidine rings is 1. The molecule has 2 atom stereocenters. The van der Waals surface area contributed by atoms with Crippen molar-refractivity contribution in [1.82, 2.24) is 4.90 Å². The van der Waals surface area contributed by atoms with E-state index < -0.39 is 11.4 Å². The molecule has 3 rings (SSSR count). The lowest BCUT2D eigenvalue weighted by atomic mass is 9.81. The Labute approximate surface area is 129 Å². The molecule has 1 aromatic carbocycles. The molecular formula is C17H21NO4. The molecule has 0 spiro atoms. The lowest BCUT2D eigenvalue weighted by Gasteiger charge is -2.39. The zero-order chi connectivity index (χ0) is 15.7. The number of para-hydroxylation sites is 1. The summed E-state index contributed by atoms with van der Waals surface area (Å²) >= 11 is 0. The predicted octanol–water partition coefficient (Wildman–Crippen LogP) is 2.27. The Morgan fingerprint density at radius 3 is 2.91 bits per heavy atom. The highest BCUT2D eigenvalue weighted by atomic mass is 16.5. The second-order valence-electron chi connectivity index (χ2n) is 6.46. The van der Waals surface area contributed by atoms with Crippen LogP contribution in [0.4, 0.5) is 0 Å². The summed E-state index contributed by atoms with van der Waals surface area (Å²) in [5.41, 5.74) is 0.0832. The van der Waals surface area contributed by atoms with Crippen molar-refractivity contribution in [3.63, 3.8) is 0 Å². The number of carboxylic acid groups (broad SMARTS) is 1. The molecular weight excluding hydrogens is 282 g/mol. The first-order valence-electron chi connectivity index (χ1n) is 7.75. The Hall–Kier alpha value is -2.04. The average Bonchev–Trinajstić information content (AvgIpc) is 2.53. The molecule has 1 aromatic rings. The van der Waals surface area contributed by atoms with Crippen molar-refractivity contribution in [1.29, 1.82) is 0 Å². The molecule has 0 saturated carbocycles. The number of hydrogen-bond donors (Lipinski definition) is 1. The fourth-order valence-electron chi connectivity index (χ4n) is 3.42. The van der Waals surface area contributed by atoms with Gasteiger partial charge in [0, 0.05) is 18.7 Å². The summed E-state index contributed by atoms with van der Waals surface area (Å²) in [7, 11) is 0. The fraction of sp³-hybridized carbons (Fsp3) is 0.529. The summed E-state index contributed by atoms with van der Waals surface area (Å²) in [6, 6.07) is 7.61. The lowest BCUT2D eigenvalue weighted by molar-refractivity contribution is -0.154. The zero-order valence-corrected chi connectivity index (χ0v) is 12.7. The van der Waals surface area contributed by atoms with Crippen LogP contribution in [0.3, 0.4) is 0 Å². The van der Waals surface area contributed by atoms with Crippen LogP contribution in [0.2, 0.25) is 0 Å². The lowest BCUT2D eigenvalue weighted by Crippen LogP contribution is -2.50. The predicted molar refractivity (Wildman–Crippen MR) is 80.9 cm³/mol. The molecule has 2 aliphatic heterocycles. The number of fused-ring (bicyclic) bond motifs is 1. The Morgan fingerprint density at radius 2 is 2.14 bits per heavy atom. The van der Waals surface area contributed by atoms with Gasteiger partial charge in [-0.15, -0.1) is 0 Å². The van der Waals surface area contributed by atoms with E-state index in [1.54, 1.807) is 11.8 Å². The molecule has 0 radical (unpaired) electrons. The van der Waals surface area contributed by atoms with Crippen molar-refractivity contribution >= 4 is 11.9 Å². The molecule has 0 aliphatic carbocycles. The second kappa shape index (κ2) is 5.63. The fourth-order valence-corrected chi connectivity index (χ4v) is 3.42. The first kappa shape index (κ1) is 14.9. The maximum Gasteiger partial charge on any atom is 0.311 e. The molecule has 0 aromatic heterocycles. The molecule has 1 fully saturated rings. The van der Waals surface area contributed by atoms with E-state index in [0.717, 1.165) is 17.7 Å². The average molecular weight is 303 g/mol. The van der Waals surface area contributed by atoms with E-state index >= 15 is 0 Å². The molecule has 22 heavy (non-hydrogen) atoms. The van der Waals surface area contributed by atoms with Crippen LogP contribution in [0, 0.1) is 5.41 Å². The van der Waals surface area contributed by atoms with Crippen LogP contribution in [-0.2, 0) is 9.59 Å². The summed E-state index contributed by atoms with van der Waals surface area (Å²) < 4.78 is 5.61. The number of ether oxygens (including phenoxy) is 1. The van der Waals surface area contributed by atoms with Crippen LogP contribution in [-0.4, -0.2) is 41.6 Å². The van der Waals surface area contributed by atoms with Crippen LogP contribution in [0.15, 0.2) is 24.3 Å². The summed E-state index contributed by atoms with van der Waals surface area (Å²) in [6.07, 6.45) is 2.01. The first-order chi connectivity index (χ1) is 10.5. The third-order valence-electron chi connectivity index (χ3n) is 4.78. The van der Waals surface area contributed by atoms with Gasteiger partial charge < -0.3 is 14.7 Å². The van der Waals surface area contributed by atoms with E-state index in [1.807, 2.05) is 24.3 Å².